The molecule has 0 heterocycles. The molecule has 1 saturated carbocycles. The van der Waals surface area contributed by atoms with Gasteiger partial charge in [0.25, 0.3) is 0 Å². The third-order valence-corrected chi connectivity index (χ3v) is 4.91. The normalized spacial score (nSPS) is 19.1. The molecule has 1 atom stereocenters. The maximum Gasteiger partial charge on any atom is 0.154 e. The van der Waals surface area contributed by atoms with Crippen molar-refractivity contribution in [2.24, 2.45) is 0 Å². The molecular weight excluding hydrogens is 214 g/mol. The number of hydrogen-bond acceptors (Lipinski definition) is 4. The molecule has 1 N–H and O–H groups in total. The van der Waals surface area contributed by atoms with Gasteiger partial charge >= 0.3 is 0 Å². The lowest BCUT2D eigenvalue weighted by molar-refractivity contribution is 0.199. The Morgan fingerprint density at radius 2 is 2.13 bits per heavy atom. The zero-order valence-corrected chi connectivity index (χ0v) is 10.3. The van der Waals surface area contributed by atoms with Gasteiger partial charge in [-0.25, -0.2) is 8.42 Å². The Morgan fingerprint density at radius 1 is 1.47 bits per heavy atom. The molecule has 0 radical (unpaired) electrons. The molecule has 0 saturated heterocycles. The van der Waals surface area contributed by atoms with Crippen molar-refractivity contribution in [3.63, 3.8) is 0 Å². The highest BCUT2D eigenvalue weighted by atomic mass is 32.2. The van der Waals surface area contributed by atoms with Gasteiger partial charge in [0.05, 0.1) is 11.0 Å². The first-order valence-electron chi connectivity index (χ1n) is 5.50. The maximum absolute atomic E-state index is 11.7. The standard InChI is InChI=1S/C10H21NO3S/c1-9(8-11-10-4-5-10)15(12,13)7-3-6-14-2/h9-11H,3-8H2,1-2H3. The number of ether oxygens (including phenoxy) is 1. The van der Waals surface area contributed by atoms with Crippen LogP contribution in [0.5, 0.6) is 0 Å². The van der Waals surface area contributed by atoms with Crippen molar-refractivity contribution in [2.75, 3.05) is 26.0 Å². The second-order valence-corrected chi connectivity index (χ2v) is 6.75. The lowest BCUT2D eigenvalue weighted by Crippen LogP contribution is -2.33. The SMILES string of the molecule is COCCCS(=O)(=O)C(C)CNC1CC1. The Labute approximate surface area is 92.3 Å². The molecule has 0 aromatic carbocycles. The second kappa shape index (κ2) is 5.82. The summed E-state index contributed by atoms with van der Waals surface area (Å²) in [6, 6.07) is 0.571. The summed E-state index contributed by atoms with van der Waals surface area (Å²) in [5.41, 5.74) is 0. The lowest BCUT2D eigenvalue weighted by atomic mass is 10.4. The molecule has 0 aliphatic heterocycles. The van der Waals surface area contributed by atoms with Crippen LogP contribution in [0.3, 0.4) is 0 Å². The smallest absolute Gasteiger partial charge is 0.154 e. The van der Waals surface area contributed by atoms with Crippen LogP contribution >= 0.6 is 0 Å². The van der Waals surface area contributed by atoms with Crippen LogP contribution in [0.2, 0.25) is 0 Å². The third-order valence-electron chi connectivity index (χ3n) is 2.66. The van der Waals surface area contributed by atoms with Gasteiger partial charge in [0.15, 0.2) is 9.84 Å². The molecule has 15 heavy (non-hydrogen) atoms. The molecule has 0 amide bonds. The fourth-order valence-corrected chi connectivity index (χ4v) is 2.63. The van der Waals surface area contributed by atoms with Crippen LogP contribution in [0.25, 0.3) is 0 Å². The van der Waals surface area contributed by atoms with Gasteiger partial charge in [-0.05, 0) is 26.2 Å². The summed E-state index contributed by atoms with van der Waals surface area (Å²) >= 11 is 0. The van der Waals surface area contributed by atoms with E-state index in [-0.39, 0.29) is 11.0 Å². The van der Waals surface area contributed by atoms with Gasteiger partial charge in [-0.1, -0.05) is 0 Å². The number of rotatable bonds is 8. The van der Waals surface area contributed by atoms with Crippen LogP contribution in [-0.2, 0) is 14.6 Å². The molecule has 1 unspecified atom stereocenters. The molecular formula is C10H21NO3S. The largest absolute Gasteiger partial charge is 0.385 e. The van der Waals surface area contributed by atoms with Gasteiger partial charge in [-0.15, -0.1) is 0 Å². The minimum Gasteiger partial charge on any atom is -0.385 e. The van der Waals surface area contributed by atoms with Gasteiger partial charge in [0.2, 0.25) is 0 Å². The molecule has 1 aliphatic carbocycles. The Morgan fingerprint density at radius 3 is 2.67 bits per heavy atom. The average molecular weight is 235 g/mol. The Kier molecular flexibility index (Phi) is 5.02. The molecule has 1 fully saturated rings. The van der Waals surface area contributed by atoms with E-state index in [1.54, 1.807) is 14.0 Å². The first-order chi connectivity index (χ1) is 7.06. The van der Waals surface area contributed by atoms with Crippen LogP contribution in [0.4, 0.5) is 0 Å². The van der Waals surface area contributed by atoms with E-state index in [2.05, 4.69) is 5.32 Å². The van der Waals surface area contributed by atoms with E-state index in [1.807, 2.05) is 0 Å². The summed E-state index contributed by atoms with van der Waals surface area (Å²) in [6.07, 6.45) is 2.97. The molecule has 0 bridgehead atoms. The zero-order chi connectivity index (χ0) is 11.3. The summed E-state index contributed by atoms with van der Waals surface area (Å²) in [5, 5.41) is 2.96. The molecule has 90 valence electrons. The molecule has 1 rings (SSSR count). The minimum atomic E-state index is -2.94. The summed E-state index contributed by atoms with van der Waals surface area (Å²) in [4.78, 5) is 0. The van der Waals surface area contributed by atoms with Crippen LogP contribution in [0.15, 0.2) is 0 Å². The fourth-order valence-electron chi connectivity index (χ4n) is 1.35. The predicted octanol–water partition coefficient (Wildman–Crippen LogP) is 0.578. The fraction of sp³-hybridized carbons (Fsp3) is 1.00. The van der Waals surface area contributed by atoms with Crippen LogP contribution in [0.1, 0.15) is 26.2 Å². The molecule has 4 nitrogen and oxygen atoms in total. The summed E-state index contributed by atoms with van der Waals surface area (Å²) in [5.74, 6) is 0.231. The van der Waals surface area contributed by atoms with E-state index < -0.39 is 9.84 Å². The lowest BCUT2D eigenvalue weighted by Gasteiger charge is -2.13. The first-order valence-corrected chi connectivity index (χ1v) is 7.21. The monoisotopic (exact) mass is 235 g/mol. The first kappa shape index (κ1) is 12.9. The number of nitrogens with one attached hydrogen (secondary N) is 1. The van der Waals surface area contributed by atoms with Crippen molar-refractivity contribution in [3.8, 4) is 0 Å². The number of sulfone groups is 1. The summed E-state index contributed by atoms with van der Waals surface area (Å²) in [7, 11) is -1.35. The van der Waals surface area contributed by atoms with E-state index in [0.29, 0.717) is 25.6 Å². The van der Waals surface area contributed by atoms with E-state index in [0.717, 1.165) is 0 Å². The Hall–Kier alpha value is -0.130. The van der Waals surface area contributed by atoms with Gasteiger partial charge in [0.1, 0.15) is 0 Å². The summed E-state index contributed by atoms with van der Waals surface area (Å²) < 4.78 is 28.3. The molecule has 1 aliphatic rings. The van der Waals surface area contributed by atoms with Crippen molar-refractivity contribution in [1.82, 2.24) is 5.32 Å². The Bertz CT molecular complexity index is 272. The van der Waals surface area contributed by atoms with Crippen molar-refractivity contribution in [2.45, 2.75) is 37.5 Å². The quantitative estimate of drug-likeness (QED) is 0.625. The topological polar surface area (TPSA) is 55.4 Å². The molecule has 5 heteroatoms. The number of hydrogen-bond donors (Lipinski definition) is 1. The van der Waals surface area contributed by atoms with Crippen molar-refractivity contribution in [1.29, 1.82) is 0 Å². The highest BCUT2D eigenvalue weighted by Gasteiger charge is 2.25. The minimum absolute atomic E-state index is 0.231. The van der Waals surface area contributed by atoms with E-state index in [1.165, 1.54) is 12.8 Å². The van der Waals surface area contributed by atoms with Gasteiger partial charge in [0, 0.05) is 26.3 Å². The maximum atomic E-state index is 11.7. The average Bonchev–Trinajstić information content (AvgIpc) is 2.97. The van der Waals surface area contributed by atoms with E-state index >= 15 is 0 Å². The van der Waals surface area contributed by atoms with E-state index in [9.17, 15) is 8.42 Å². The molecule has 0 aromatic rings. The Balaban J connectivity index is 2.23. The van der Waals surface area contributed by atoms with Gasteiger partial charge in [-0.3, -0.25) is 0 Å². The zero-order valence-electron chi connectivity index (χ0n) is 9.53. The van der Waals surface area contributed by atoms with Crippen molar-refractivity contribution >= 4 is 9.84 Å². The van der Waals surface area contributed by atoms with Crippen molar-refractivity contribution < 1.29 is 13.2 Å². The van der Waals surface area contributed by atoms with E-state index in [4.69, 9.17) is 4.74 Å². The van der Waals surface area contributed by atoms with Crippen molar-refractivity contribution in [3.05, 3.63) is 0 Å². The highest BCUT2D eigenvalue weighted by molar-refractivity contribution is 7.92. The second-order valence-electron chi connectivity index (χ2n) is 4.21. The number of methoxy groups -OCH3 is 1. The van der Waals surface area contributed by atoms with Crippen LogP contribution in [0, 0.1) is 0 Å². The van der Waals surface area contributed by atoms with Gasteiger partial charge in [-0.2, -0.15) is 0 Å². The molecule has 0 spiro atoms. The highest BCUT2D eigenvalue weighted by Crippen LogP contribution is 2.18. The van der Waals surface area contributed by atoms with Gasteiger partial charge < -0.3 is 10.1 Å². The third kappa shape index (κ3) is 4.95. The molecule has 0 aromatic heterocycles. The van der Waals surface area contributed by atoms with Crippen LogP contribution < -0.4 is 5.32 Å². The predicted molar refractivity (Wildman–Crippen MR) is 60.8 cm³/mol. The van der Waals surface area contributed by atoms with Crippen LogP contribution in [-0.4, -0.2) is 45.7 Å². The summed E-state index contributed by atoms with van der Waals surface area (Å²) in [6.45, 7) is 2.87.